The van der Waals surface area contributed by atoms with Gasteiger partial charge in [-0.05, 0) is 17.7 Å². The summed E-state index contributed by atoms with van der Waals surface area (Å²) >= 11 is 0. The molecule has 1 aromatic rings. The Morgan fingerprint density at radius 1 is 1.00 bits per heavy atom. The van der Waals surface area contributed by atoms with Gasteiger partial charge in [-0.25, -0.2) is 0 Å². The van der Waals surface area contributed by atoms with Gasteiger partial charge in [-0.3, -0.25) is 4.39 Å². The molecule has 1 rings (SSSR count). The summed E-state index contributed by atoms with van der Waals surface area (Å²) in [5.74, 6) is 0. The highest BCUT2D eigenvalue weighted by Gasteiger charge is 2.29. The summed E-state index contributed by atoms with van der Waals surface area (Å²) in [6.45, 7) is -0.550. The minimum atomic E-state index is -4.31. The average molecular weight is 192 g/mol. The second-order valence-corrected chi connectivity index (χ2v) is 2.63. The van der Waals surface area contributed by atoms with E-state index >= 15 is 0 Å². The third-order valence-electron chi connectivity index (χ3n) is 1.66. The Morgan fingerprint density at radius 3 is 1.92 bits per heavy atom. The van der Waals surface area contributed by atoms with E-state index in [0.717, 1.165) is 12.1 Å². The van der Waals surface area contributed by atoms with Gasteiger partial charge in [0, 0.05) is 6.42 Å². The van der Waals surface area contributed by atoms with Crippen LogP contribution in [0.5, 0.6) is 0 Å². The molecule has 0 spiro atoms. The van der Waals surface area contributed by atoms with Crippen molar-refractivity contribution in [3.8, 4) is 0 Å². The number of aryl methyl sites for hydroxylation is 1. The monoisotopic (exact) mass is 192 g/mol. The van der Waals surface area contributed by atoms with Crippen LogP contribution < -0.4 is 0 Å². The molecule has 0 heterocycles. The van der Waals surface area contributed by atoms with E-state index in [1.165, 1.54) is 12.1 Å². The molecule has 0 amide bonds. The molecule has 0 radical (unpaired) electrons. The van der Waals surface area contributed by atoms with Gasteiger partial charge >= 0.3 is 6.18 Å². The Kier molecular flexibility index (Phi) is 2.90. The van der Waals surface area contributed by atoms with Crippen molar-refractivity contribution in [1.82, 2.24) is 0 Å². The summed E-state index contributed by atoms with van der Waals surface area (Å²) in [4.78, 5) is 0. The van der Waals surface area contributed by atoms with Crippen LogP contribution in [0.15, 0.2) is 24.3 Å². The van der Waals surface area contributed by atoms with Crippen LogP contribution in [-0.2, 0) is 12.6 Å². The fourth-order valence-corrected chi connectivity index (χ4v) is 0.970. The normalized spacial score (nSPS) is 11.7. The topological polar surface area (TPSA) is 0 Å². The van der Waals surface area contributed by atoms with E-state index in [2.05, 4.69) is 0 Å². The van der Waals surface area contributed by atoms with E-state index in [0.29, 0.717) is 5.56 Å². The van der Waals surface area contributed by atoms with Crippen LogP contribution in [0.1, 0.15) is 11.1 Å². The summed E-state index contributed by atoms with van der Waals surface area (Å²) in [5, 5.41) is 0. The molecule has 0 nitrogen and oxygen atoms in total. The molecule has 0 bridgehead atoms. The van der Waals surface area contributed by atoms with Crippen LogP contribution in [0.2, 0.25) is 0 Å². The summed E-state index contributed by atoms with van der Waals surface area (Å²) in [5.41, 5.74) is -0.120. The molecule has 4 heteroatoms. The molecule has 0 aliphatic carbocycles. The maximum Gasteiger partial charge on any atom is 0.416 e. The Balaban J connectivity index is 2.81. The van der Waals surface area contributed by atoms with E-state index in [4.69, 9.17) is 0 Å². The largest absolute Gasteiger partial charge is 0.416 e. The van der Waals surface area contributed by atoms with Gasteiger partial charge in [-0.15, -0.1) is 0 Å². The van der Waals surface area contributed by atoms with Crippen molar-refractivity contribution in [2.24, 2.45) is 0 Å². The van der Waals surface area contributed by atoms with Gasteiger partial charge in [0.25, 0.3) is 0 Å². The summed E-state index contributed by atoms with van der Waals surface area (Å²) in [6.07, 6.45) is -4.15. The zero-order valence-corrected chi connectivity index (χ0v) is 6.74. The zero-order chi connectivity index (χ0) is 9.90. The van der Waals surface area contributed by atoms with Crippen LogP contribution in [0.4, 0.5) is 17.6 Å². The Morgan fingerprint density at radius 2 is 1.54 bits per heavy atom. The number of hydrogen-bond acceptors (Lipinski definition) is 0. The maximum absolute atomic E-state index is 12.0. The van der Waals surface area contributed by atoms with E-state index in [1.54, 1.807) is 0 Å². The molecule has 0 aromatic heterocycles. The molecule has 0 unspecified atom stereocenters. The average Bonchev–Trinajstić information content (AvgIpc) is 2.04. The molecule has 0 atom stereocenters. The SMILES string of the molecule is FCCc1ccc(C(F)(F)F)cc1. The van der Waals surface area contributed by atoms with Crippen molar-refractivity contribution >= 4 is 0 Å². The van der Waals surface area contributed by atoms with E-state index in [9.17, 15) is 17.6 Å². The highest BCUT2D eigenvalue weighted by Crippen LogP contribution is 2.29. The highest BCUT2D eigenvalue weighted by molar-refractivity contribution is 5.24. The van der Waals surface area contributed by atoms with Crippen LogP contribution in [-0.4, -0.2) is 6.67 Å². The molecule has 0 saturated carbocycles. The fraction of sp³-hybridized carbons (Fsp3) is 0.333. The van der Waals surface area contributed by atoms with Crippen molar-refractivity contribution in [2.45, 2.75) is 12.6 Å². The first-order chi connectivity index (χ1) is 6.04. The van der Waals surface area contributed by atoms with Gasteiger partial charge in [-0.2, -0.15) is 13.2 Å². The van der Waals surface area contributed by atoms with Crippen molar-refractivity contribution in [3.05, 3.63) is 35.4 Å². The number of benzene rings is 1. The molecule has 72 valence electrons. The minimum absolute atomic E-state index is 0.165. The van der Waals surface area contributed by atoms with Crippen LogP contribution in [0.3, 0.4) is 0 Å². The van der Waals surface area contributed by atoms with Gasteiger partial charge in [0.05, 0.1) is 12.2 Å². The van der Waals surface area contributed by atoms with Crippen molar-refractivity contribution in [3.63, 3.8) is 0 Å². The lowest BCUT2D eigenvalue weighted by Crippen LogP contribution is -2.04. The molecule has 1 aromatic carbocycles. The number of alkyl halides is 4. The first kappa shape index (κ1) is 10.0. The molecular formula is C9H8F4. The first-order valence-corrected chi connectivity index (χ1v) is 3.76. The van der Waals surface area contributed by atoms with Crippen LogP contribution >= 0.6 is 0 Å². The van der Waals surface area contributed by atoms with Gasteiger partial charge in [0.2, 0.25) is 0 Å². The number of rotatable bonds is 2. The second-order valence-electron chi connectivity index (χ2n) is 2.63. The molecule has 0 aliphatic rings. The summed E-state index contributed by atoms with van der Waals surface area (Å²) in [7, 11) is 0. The molecular weight excluding hydrogens is 184 g/mol. The lowest BCUT2D eigenvalue weighted by molar-refractivity contribution is -0.137. The predicted octanol–water partition coefficient (Wildman–Crippen LogP) is 3.22. The number of halogens is 4. The molecule has 13 heavy (non-hydrogen) atoms. The molecule has 0 N–H and O–H groups in total. The Labute approximate surface area is 73.2 Å². The molecule has 0 aliphatic heterocycles. The van der Waals surface area contributed by atoms with Crippen molar-refractivity contribution < 1.29 is 17.6 Å². The minimum Gasteiger partial charge on any atom is -0.251 e. The van der Waals surface area contributed by atoms with E-state index in [-0.39, 0.29) is 6.42 Å². The standard InChI is InChI=1S/C9H8F4/c10-6-5-7-1-3-8(4-2-7)9(11,12)13/h1-4H,5-6H2. The van der Waals surface area contributed by atoms with Crippen molar-refractivity contribution in [1.29, 1.82) is 0 Å². The smallest absolute Gasteiger partial charge is 0.251 e. The van der Waals surface area contributed by atoms with E-state index in [1.807, 2.05) is 0 Å². The second kappa shape index (κ2) is 3.77. The third-order valence-corrected chi connectivity index (χ3v) is 1.66. The maximum atomic E-state index is 12.0. The first-order valence-electron chi connectivity index (χ1n) is 3.76. The molecule has 0 saturated heterocycles. The van der Waals surface area contributed by atoms with Crippen LogP contribution in [0.25, 0.3) is 0 Å². The van der Waals surface area contributed by atoms with Crippen molar-refractivity contribution in [2.75, 3.05) is 6.67 Å². The predicted molar refractivity (Wildman–Crippen MR) is 41.1 cm³/mol. The fourth-order valence-electron chi connectivity index (χ4n) is 0.970. The van der Waals surface area contributed by atoms with Crippen LogP contribution in [0, 0.1) is 0 Å². The Hall–Kier alpha value is -1.06. The van der Waals surface area contributed by atoms with Gasteiger partial charge in [0.1, 0.15) is 0 Å². The summed E-state index contributed by atoms with van der Waals surface area (Å²) < 4.78 is 47.9. The quantitative estimate of drug-likeness (QED) is 0.631. The van der Waals surface area contributed by atoms with E-state index < -0.39 is 18.4 Å². The van der Waals surface area contributed by atoms with Gasteiger partial charge in [-0.1, -0.05) is 12.1 Å². The van der Waals surface area contributed by atoms with Gasteiger partial charge < -0.3 is 0 Å². The third kappa shape index (κ3) is 2.72. The van der Waals surface area contributed by atoms with Gasteiger partial charge in [0.15, 0.2) is 0 Å². The Bertz CT molecular complexity index is 260. The molecule has 0 fully saturated rings. The zero-order valence-electron chi connectivity index (χ0n) is 6.74. The lowest BCUT2D eigenvalue weighted by atomic mass is 10.1. The number of hydrogen-bond donors (Lipinski definition) is 0. The summed E-state index contributed by atoms with van der Waals surface area (Å²) in [6, 6.07) is 4.51. The lowest BCUT2D eigenvalue weighted by Gasteiger charge is -2.06. The highest BCUT2D eigenvalue weighted by atomic mass is 19.4.